The van der Waals surface area contributed by atoms with Gasteiger partial charge in [0.25, 0.3) is 0 Å². The second-order valence-electron chi connectivity index (χ2n) is 8.34. The minimum atomic E-state index is -3.59. The van der Waals surface area contributed by atoms with Crippen LogP contribution in [0.1, 0.15) is 38.3 Å². The van der Waals surface area contributed by atoms with Gasteiger partial charge in [0.2, 0.25) is 15.9 Å². The number of fused-ring (bicyclic) bond motifs is 1. The summed E-state index contributed by atoms with van der Waals surface area (Å²) in [5, 5.41) is 0. The standard InChI is InChI=1S/C22H28N2O3S/c1-22(2,3)18-11-13-19(14-12-18)24(28(4,26)27)16-21(25)23-15-7-9-17-8-5-6-10-20(17)23/h5-6,8,10-14H,7,9,15-16H2,1-4H3. The molecule has 0 fully saturated rings. The van der Waals surface area contributed by atoms with Crippen molar-refractivity contribution >= 4 is 27.3 Å². The first kappa shape index (κ1) is 20.4. The molecule has 0 unspecified atom stereocenters. The fourth-order valence-corrected chi connectivity index (χ4v) is 4.38. The Kier molecular flexibility index (Phi) is 5.53. The highest BCUT2D eigenvalue weighted by Gasteiger charge is 2.27. The van der Waals surface area contributed by atoms with Crippen LogP contribution in [0, 0.1) is 0 Å². The molecule has 2 aromatic carbocycles. The van der Waals surface area contributed by atoms with E-state index in [-0.39, 0.29) is 17.9 Å². The van der Waals surface area contributed by atoms with Gasteiger partial charge in [-0.1, -0.05) is 51.1 Å². The van der Waals surface area contributed by atoms with Crippen LogP contribution in [0.5, 0.6) is 0 Å². The first-order chi connectivity index (χ1) is 13.1. The van der Waals surface area contributed by atoms with E-state index < -0.39 is 10.0 Å². The molecule has 150 valence electrons. The lowest BCUT2D eigenvalue weighted by Gasteiger charge is -2.32. The number of nitrogens with zero attached hydrogens (tertiary/aromatic N) is 2. The molecule has 6 heteroatoms. The Hall–Kier alpha value is -2.34. The van der Waals surface area contributed by atoms with Gasteiger partial charge in [-0.15, -0.1) is 0 Å². The summed E-state index contributed by atoms with van der Waals surface area (Å²) in [5.41, 5.74) is 3.61. The zero-order valence-electron chi connectivity index (χ0n) is 17.0. The number of benzene rings is 2. The number of rotatable bonds is 4. The van der Waals surface area contributed by atoms with Gasteiger partial charge in [-0.3, -0.25) is 9.10 Å². The van der Waals surface area contributed by atoms with E-state index in [1.807, 2.05) is 36.4 Å². The van der Waals surface area contributed by atoms with Gasteiger partial charge in [0.1, 0.15) is 6.54 Å². The lowest BCUT2D eigenvalue weighted by atomic mass is 9.87. The summed E-state index contributed by atoms with van der Waals surface area (Å²) in [5.74, 6) is -0.211. The smallest absolute Gasteiger partial charge is 0.247 e. The SMILES string of the molecule is CC(C)(C)c1ccc(N(CC(=O)N2CCCc3ccccc32)S(C)(=O)=O)cc1. The molecular formula is C22H28N2O3S. The van der Waals surface area contributed by atoms with Crippen LogP contribution >= 0.6 is 0 Å². The van der Waals surface area contributed by atoms with Crippen molar-refractivity contribution < 1.29 is 13.2 Å². The summed E-state index contributed by atoms with van der Waals surface area (Å²) in [4.78, 5) is 14.7. The number of sulfonamides is 1. The summed E-state index contributed by atoms with van der Waals surface area (Å²) < 4.78 is 26.1. The van der Waals surface area contributed by atoms with E-state index in [2.05, 4.69) is 20.8 Å². The number of amides is 1. The molecule has 1 heterocycles. The van der Waals surface area contributed by atoms with Gasteiger partial charge >= 0.3 is 0 Å². The molecule has 1 amide bonds. The van der Waals surface area contributed by atoms with Crippen molar-refractivity contribution in [1.29, 1.82) is 0 Å². The number of para-hydroxylation sites is 1. The van der Waals surface area contributed by atoms with Crippen molar-refractivity contribution in [2.24, 2.45) is 0 Å². The number of hydrogen-bond acceptors (Lipinski definition) is 3. The Morgan fingerprint density at radius 2 is 1.71 bits per heavy atom. The van der Waals surface area contributed by atoms with E-state index in [4.69, 9.17) is 0 Å². The molecule has 2 aromatic rings. The number of hydrogen-bond donors (Lipinski definition) is 0. The zero-order chi connectivity index (χ0) is 20.5. The van der Waals surface area contributed by atoms with Gasteiger partial charge in [-0.2, -0.15) is 0 Å². The molecule has 0 aromatic heterocycles. The fourth-order valence-electron chi connectivity index (χ4n) is 3.53. The molecule has 0 aliphatic carbocycles. The average molecular weight is 401 g/mol. The normalized spacial score (nSPS) is 14.5. The lowest BCUT2D eigenvalue weighted by Crippen LogP contribution is -2.44. The van der Waals surface area contributed by atoms with Gasteiger partial charge < -0.3 is 4.90 Å². The van der Waals surface area contributed by atoms with E-state index in [0.29, 0.717) is 12.2 Å². The molecule has 1 aliphatic heterocycles. The Balaban J connectivity index is 1.88. The second-order valence-corrected chi connectivity index (χ2v) is 10.3. The third kappa shape index (κ3) is 4.38. The van der Waals surface area contributed by atoms with Crippen LogP contribution in [0.3, 0.4) is 0 Å². The molecule has 0 saturated carbocycles. The van der Waals surface area contributed by atoms with Crippen molar-refractivity contribution in [3.8, 4) is 0 Å². The van der Waals surface area contributed by atoms with Crippen LogP contribution < -0.4 is 9.21 Å². The summed E-state index contributed by atoms with van der Waals surface area (Å²) in [6.07, 6.45) is 2.95. The number of carbonyl (C=O) groups is 1. The third-order valence-electron chi connectivity index (χ3n) is 5.11. The predicted octanol–water partition coefficient (Wildman–Crippen LogP) is 3.73. The topological polar surface area (TPSA) is 57.7 Å². The van der Waals surface area contributed by atoms with E-state index in [9.17, 15) is 13.2 Å². The maximum Gasteiger partial charge on any atom is 0.247 e. The molecule has 3 rings (SSSR count). The minimum absolute atomic E-state index is 0.0260. The number of carbonyl (C=O) groups excluding carboxylic acids is 1. The third-order valence-corrected chi connectivity index (χ3v) is 6.25. The summed E-state index contributed by atoms with van der Waals surface area (Å²) >= 11 is 0. The minimum Gasteiger partial charge on any atom is -0.311 e. The van der Waals surface area contributed by atoms with Crippen LogP contribution in [-0.4, -0.2) is 33.7 Å². The molecule has 0 spiro atoms. The Morgan fingerprint density at radius 3 is 2.32 bits per heavy atom. The molecule has 0 N–H and O–H groups in total. The van der Waals surface area contributed by atoms with Gasteiger partial charge in [0.15, 0.2) is 0 Å². The van der Waals surface area contributed by atoms with Crippen LogP contribution in [0.2, 0.25) is 0 Å². The monoisotopic (exact) mass is 400 g/mol. The van der Waals surface area contributed by atoms with E-state index in [0.717, 1.165) is 35.9 Å². The van der Waals surface area contributed by atoms with Gasteiger partial charge in [0, 0.05) is 12.2 Å². The summed E-state index contributed by atoms with van der Waals surface area (Å²) in [6.45, 7) is 6.72. The highest BCUT2D eigenvalue weighted by molar-refractivity contribution is 7.92. The van der Waals surface area contributed by atoms with Crippen LogP contribution in [-0.2, 0) is 26.7 Å². The lowest BCUT2D eigenvalue weighted by molar-refractivity contribution is -0.117. The van der Waals surface area contributed by atoms with Crippen LogP contribution in [0.25, 0.3) is 0 Å². The molecule has 0 atom stereocenters. The van der Waals surface area contributed by atoms with Crippen LogP contribution in [0.4, 0.5) is 11.4 Å². The molecule has 0 bridgehead atoms. The van der Waals surface area contributed by atoms with Gasteiger partial charge in [-0.05, 0) is 47.6 Å². The van der Waals surface area contributed by atoms with Crippen molar-refractivity contribution in [2.45, 2.75) is 39.0 Å². The molecule has 1 aliphatic rings. The van der Waals surface area contributed by atoms with Crippen molar-refractivity contribution in [3.05, 3.63) is 59.7 Å². The average Bonchev–Trinajstić information content (AvgIpc) is 2.64. The predicted molar refractivity (Wildman–Crippen MR) is 114 cm³/mol. The first-order valence-corrected chi connectivity index (χ1v) is 11.4. The quantitative estimate of drug-likeness (QED) is 0.786. The maximum absolute atomic E-state index is 13.0. The number of aryl methyl sites for hydroxylation is 1. The summed E-state index contributed by atoms with van der Waals surface area (Å²) in [7, 11) is -3.59. The fraction of sp³-hybridized carbons (Fsp3) is 0.409. The Morgan fingerprint density at radius 1 is 1.07 bits per heavy atom. The van der Waals surface area contributed by atoms with Gasteiger partial charge in [-0.25, -0.2) is 8.42 Å². The highest BCUT2D eigenvalue weighted by atomic mass is 32.2. The van der Waals surface area contributed by atoms with Crippen molar-refractivity contribution in [2.75, 3.05) is 28.6 Å². The molecular weight excluding hydrogens is 372 g/mol. The van der Waals surface area contributed by atoms with Crippen molar-refractivity contribution in [1.82, 2.24) is 0 Å². The molecule has 0 radical (unpaired) electrons. The van der Waals surface area contributed by atoms with Crippen molar-refractivity contribution in [3.63, 3.8) is 0 Å². The largest absolute Gasteiger partial charge is 0.311 e. The Labute approximate surface area is 168 Å². The zero-order valence-corrected chi connectivity index (χ0v) is 17.8. The maximum atomic E-state index is 13.0. The first-order valence-electron chi connectivity index (χ1n) is 9.54. The van der Waals surface area contributed by atoms with E-state index >= 15 is 0 Å². The van der Waals surface area contributed by atoms with Gasteiger partial charge in [0.05, 0.1) is 11.9 Å². The number of anilines is 2. The molecule has 28 heavy (non-hydrogen) atoms. The summed E-state index contributed by atoms with van der Waals surface area (Å²) in [6, 6.07) is 15.2. The highest BCUT2D eigenvalue weighted by Crippen LogP contribution is 2.29. The molecule has 5 nitrogen and oxygen atoms in total. The van der Waals surface area contributed by atoms with E-state index in [1.165, 1.54) is 4.31 Å². The van der Waals surface area contributed by atoms with E-state index in [1.54, 1.807) is 17.0 Å². The Bertz CT molecular complexity index is 960. The molecule has 0 saturated heterocycles. The van der Waals surface area contributed by atoms with Crippen LogP contribution in [0.15, 0.2) is 48.5 Å². The second kappa shape index (κ2) is 7.59.